The van der Waals surface area contributed by atoms with Crippen molar-refractivity contribution in [1.82, 2.24) is 0 Å². The van der Waals surface area contributed by atoms with Crippen molar-refractivity contribution in [2.24, 2.45) is 0 Å². The first-order chi connectivity index (χ1) is 21.0. The molecule has 0 aliphatic carbocycles. The monoisotopic (exact) mass is 770 g/mol. The average Bonchev–Trinajstić information content (AvgIpc) is 2.91. The first-order valence-electron chi connectivity index (χ1n) is 13.9. The van der Waals surface area contributed by atoms with Gasteiger partial charge in [-0.05, 0) is 41.5 Å². The van der Waals surface area contributed by atoms with Crippen molar-refractivity contribution >= 4 is 17.6 Å². The SMILES string of the molecule is CCO[Si](CCC(F)(F)C(F)(F)C(F)(F)C(F)(F)F)(OCC)OCC.CCO[Si](CCC(F)(F)C(F)(F)C(F)(F)F)(OCC)OCC. The van der Waals surface area contributed by atoms with Crippen LogP contribution >= 0.6 is 0 Å². The Morgan fingerprint density at radius 3 is 0.745 bits per heavy atom. The van der Waals surface area contributed by atoms with Crippen LogP contribution in [0.5, 0.6) is 0 Å². The summed E-state index contributed by atoms with van der Waals surface area (Å²) < 4.78 is 235. The molecule has 286 valence electrons. The molecule has 0 amide bonds. The molecular weight excluding hydrogens is 732 g/mol. The Kier molecular flexibility index (Phi) is 18.8. The van der Waals surface area contributed by atoms with Crippen molar-refractivity contribution in [3.8, 4) is 0 Å². The molecule has 0 rings (SSSR count). The van der Waals surface area contributed by atoms with Crippen LogP contribution in [0.4, 0.5) is 70.2 Å². The molecule has 0 fully saturated rings. The Balaban J connectivity index is 0. The average molecular weight is 771 g/mol. The highest BCUT2D eigenvalue weighted by molar-refractivity contribution is 6.61. The molecule has 24 heteroatoms. The number of rotatable bonds is 21. The van der Waals surface area contributed by atoms with Gasteiger partial charge in [0.05, 0.1) is 0 Å². The van der Waals surface area contributed by atoms with E-state index in [1.807, 2.05) is 0 Å². The van der Waals surface area contributed by atoms with Crippen molar-refractivity contribution in [3.63, 3.8) is 0 Å². The minimum atomic E-state index is -6.91. The summed E-state index contributed by atoms with van der Waals surface area (Å²) >= 11 is 0. The van der Waals surface area contributed by atoms with Crippen LogP contribution in [0.15, 0.2) is 0 Å². The van der Waals surface area contributed by atoms with Crippen LogP contribution < -0.4 is 0 Å². The van der Waals surface area contributed by atoms with Gasteiger partial charge in [-0.2, -0.15) is 70.2 Å². The summed E-state index contributed by atoms with van der Waals surface area (Å²) in [6.07, 6.45) is -17.0. The molecule has 0 heterocycles. The second-order valence-electron chi connectivity index (χ2n) is 9.09. The highest BCUT2D eigenvalue weighted by Crippen LogP contribution is 2.55. The molecule has 0 aromatic carbocycles. The van der Waals surface area contributed by atoms with Crippen molar-refractivity contribution in [2.75, 3.05) is 39.6 Å². The van der Waals surface area contributed by atoms with Crippen molar-refractivity contribution < 1.29 is 96.8 Å². The number of hydrogen-bond donors (Lipinski definition) is 0. The highest BCUT2D eigenvalue weighted by atomic mass is 28.4. The van der Waals surface area contributed by atoms with Crippen LogP contribution in [0.3, 0.4) is 0 Å². The molecule has 0 N–H and O–H groups in total. The van der Waals surface area contributed by atoms with E-state index in [2.05, 4.69) is 0 Å². The Morgan fingerprint density at radius 2 is 0.553 bits per heavy atom. The minimum Gasteiger partial charge on any atom is -0.374 e. The van der Waals surface area contributed by atoms with Gasteiger partial charge in [-0.1, -0.05) is 0 Å². The van der Waals surface area contributed by atoms with Gasteiger partial charge in [0.25, 0.3) is 0 Å². The summed E-state index contributed by atoms with van der Waals surface area (Å²) in [5.41, 5.74) is 0. The van der Waals surface area contributed by atoms with E-state index in [1.165, 1.54) is 41.5 Å². The lowest BCUT2D eigenvalue weighted by Crippen LogP contribution is -2.61. The maximum Gasteiger partial charge on any atom is 0.501 e. The summed E-state index contributed by atoms with van der Waals surface area (Å²) in [5, 5.41) is 0. The number of hydrogen-bond acceptors (Lipinski definition) is 6. The first-order valence-corrected chi connectivity index (χ1v) is 17.8. The Bertz CT molecular complexity index is 855. The topological polar surface area (TPSA) is 55.4 Å². The van der Waals surface area contributed by atoms with E-state index < -0.39 is 84.5 Å². The number of alkyl halides is 16. The van der Waals surface area contributed by atoms with E-state index in [9.17, 15) is 70.2 Å². The molecule has 47 heavy (non-hydrogen) atoms. The van der Waals surface area contributed by atoms with E-state index >= 15 is 0 Å². The summed E-state index contributed by atoms with van der Waals surface area (Å²) in [7, 11) is -7.65. The molecule has 0 unspecified atom stereocenters. The predicted octanol–water partition coefficient (Wildman–Crippen LogP) is 9.15. The van der Waals surface area contributed by atoms with Crippen molar-refractivity contribution in [2.45, 2.75) is 108 Å². The van der Waals surface area contributed by atoms with Crippen molar-refractivity contribution in [1.29, 1.82) is 0 Å². The highest BCUT2D eigenvalue weighted by Gasteiger charge is 2.81. The van der Waals surface area contributed by atoms with Gasteiger partial charge in [-0.15, -0.1) is 0 Å². The Morgan fingerprint density at radius 1 is 0.340 bits per heavy atom. The van der Waals surface area contributed by atoms with Crippen LogP contribution in [0.1, 0.15) is 54.4 Å². The lowest BCUT2D eigenvalue weighted by molar-refractivity contribution is -0.396. The fraction of sp³-hybridized carbons (Fsp3) is 1.00. The third kappa shape index (κ3) is 12.4. The van der Waals surface area contributed by atoms with Crippen LogP contribution in [0, 0.1) is 0 Å². The van der Waals surface area contributed by atoms with E-state index in [-0.39, 0.29) is 39.6 Å². The number of halogens is 16. The molecule has 0 aromatic heterocycles. The largest absolute Gasteiger partial charge is 0.501 e. The maximum atomic E-state index is 13.6. The molecule has 0 radical (unpaired) electrons. The van der Waals surface area contributed by atoms with Gasteiger partial charge in [0.1, 0.15) is 0 Å². The molecule has 0 spiro atoms. The quantitative estimate of drug-likeness (QED) is 0.0858. The maximum absolute atomic E-state index is 13.6. The zero-order valence-electron chi connectivity index (χ0n) is 26.1. The van der Waals surface area contributed by atoms with E-state index in [0.717, 1.165) is 0 Å². The van der Waals surface area contributed by atoms with Gasteiger partial charge in [0.15, 0.2) is 0 Å². The lowest BCUT2D eigenvalue weighted by atomic mass is 10.0. The molecule has 0 bridgehead atoms. The predicted molar refractivity (Wildman–Crippen MR) is 137 cm³/mol. The Hall–Kier alpha value is -0.926. The van der Waals surface area contributed by atoms with Crippen molar-refractivity contribution in [3.05, 3.63) is 0 Å². The van der Waals surface area contributed by atoms with Gasteiger partial charge in [-0.25, -0.2) is 0 Å². The molecule has 0 aliphatic heterocycles. The third-order valence-corrected chi connectivity index (χ3v) is 11.8. The standard InChI is InChI=1S/C12H19F9O3Si.C11H19F7O3Si/c1-4-22-25(23-5-2,24-6-3)8-7-9(13,14)10(15,16)11(17,18)12(19,20)21;1-4-19-22(20-5-2,21-6-3)8-7-9(12,13)10(14,15)11(16,17)18/h4-8H2,1-3H3;4-8H2,1-3H3. The molecule has 6 nitrogen and oxygen atoms in total. The van der Waals surface area contributed by atoms with Crippen LogP contribution in [-0.2, 0) is 26.6 Å². The second-order valence-corrected chi connectivity index (χ2v) is 14.6. The Labute approximate surface area is 263 Å². The summed E-state index contributed by atoms with van der Waals surface area (Å²) in [4.78, 5) is 0. The lowest BCUT2D eigenvalue weighted by Gasteiger charge is -2.35. The first kappa shape index (κ1) is 48.2. The molecule has 0 aliphatic rings. The summed E-state index contributed by atoms with van der Waals surface area (Å²) in [6.45, 7) is 8.40. The molecule has 0 atom stereocenters. The van der Waals surface area contributed by atoms with Gasteiger partial charge in [0.2, 0.25) is 0 Å². The molecule has 0 saturated carbocycles. The van der Waals surface area contributed by atoms with Gasteiger partial charge in [0, 0.05) is 64.6 Å². The van der Waals surface area contributed by atoms with E-state index in [4.69, 9.17) is 26.6 Å². The zero-order valence-corrected chi connectivity index (χ0v) is 28.1. The molecular formula is C23H38F16O6Si2. The van der Waals surface area contributed by atoms with E-state index in [0.29, 0.717) is 0 Å². The normalized spacial score (nSPS) is 14.7. The van der Waals surface area contributed by atoms with Gasteiger partial charge in [-0.3, -0.25) is 0 Å². The van der Waals surface area contributed by atoms with Crippen LogP contribution in [0.2, 0.25) is 12.1 Å². The fourth-order valence-electron chi connectivity index (χ4n) is 3.55. The smallest absolute Gasteiger partial charge is 0.374 e. The molecule has 0 saturated heterocycles. The molecule has 0 aromatic rings. The van der Waals surface area contributed by atoms with Gasteiger partial charge >= 0.3 is 59.6 Å². The second kappa shape index (κ2) is 18.4. The summed E-state index contributed by atoms with van der Waals surface area (Å²) in [6, 6.07) is -1.90. The minimum absolute atomic E-state index is 0.00649. The third-order valence-electron chi connectivity index (χ3n) is 5.70. The van der Waals surface area contributed by atoms with Gasteiger partial charge < -0.3 is 26.6 Å². The van der Waals surface area contributed by atoms with Crippen LogP contribution in [-0.4, -0.2) is 99.2 Å². The van der Waals surface area contributed by atoms with E-state index in [1.54, 1.807) is 0 Å². The van der Waals surface area contributed by atoms with Crippen LogP contribution in [0.25, 0.3) is 0 Å². The zero-order chi connectivity index (χ0) is 37.8. The fourth-order valence-corrected chi connectivity index (χ4v) is 8.80. The summed E-state index contributed by atoms with van der Waals surface area (Å²) in [5.74, 6) is -30.6.